The number of cyclic esters (lactones) is 1. The zero-order valence-electron chi connectivity index (χ0n) is 32.8. The van der Waals surface area contributed by atoms with Gasteiger partial charge >= 0.3 is 5.97 Å². The van der Waals surface area contributed by atoms with Gasteiger partial charge in [0.05, 0.1) is 24.1 Å². The fourth-order valence-electron chi connectivity index (χ4n) is 6.19. The molecular weight excluding hydrogens is 767 g/mol. The number of rotatable bonds is 16. The van der Waals surface area contributed by atoms with Crippen LogP contribution in [0.25, 0.3) is 0 Å². The molecule has 2 unspecified atom stereocenters. The number of carbonyl (C=O) groups is 3. The van der Waals surface area contributed by atoms with Gasteiger partial charge in [0, 0.05) is 45.2 Å². The number of thioether (sulfide) groups is 1. The molecular formula is C39H57N3O14S. The Morgan fingerprint density at radius 3 is 2.44 bits per heavy atom. The molecule has 4 rings (SSSR count). The van der Waals surface area contributed by atoms with Crippen molar-refractivity contribution in [2.75, 3.05) is 58.9 Å². The number of hydrogen-bond acceptors (Lipinski definition) is 16. The molecule has 18 heteroatoms. The standard InChI is InChI=1S/C39H57N3O14S/c1-4-50-23-52-29-18-26-17-28(41-54-21-33(45)42-15-7-6-8-16-42)14-10-13-27(40-32(44)22-57-39-37(48)36(47)35(46)31(20-43)56-39)12-9-11-25(3)55-38(49)34(26)30(19-29)53-24-51-5-2/h9-10,12,14,18-19,25,27,31,35-37,39,43,46-48H,4-8,11,13,15-17,20-24H2,1-3H3,(H,40,44)/t25-,27-,31?,35+,36?,37-,39-/m1/s1. The molecule has 5 N–H and O–H groups in total. The maximum atomic E-state index is 13.9. The Kier molecular flexibility index (Phi) is 19.5. The summed E-state index contributed by atoms with van der Waals surface area (Å²) in [5.74, 6) is -0.912. The molecule has 2 fully saturated rings. The number of benzene rings is 1. The first kappa shape index (κ1) is 45.9. The minimum atomic E-state index is -1.56. The number of aliphatic hydroxyl groups excluding tert-OH is 4. The number of allylic oxidation sites excluding steroid dienone is 1. The van der Waals surface area contributed by atoms with Gasteiger partial charge in [0.2, 0.25) is 5.91 Å². The number of esters is 1. The van der Waals surface area contributed by atoms with E-state index in [1.54, 1.807) is 48.3 Å². The number of nitrogens with one attached hydrogen (secondary N) is 1. The van der Waals surface area contributed by atoms with Crippen molar-refractivity contribution in [1.82, 2.24) is 10.2 Å². The number of nitrogens with zero attached hydrogens (tertiary/aromatic N) is 2. The predicted molar refractivity (Wildman–Crippen MR) is 209 cm³/mol. The summed E-state index contributed by atoms with van der Waals surface area (Å²) in [5.41, 5.74) is -0.158. The van der Waals surface area contributed by atoms with Gasteiger partial charge in [-0.05, 0) is 64.2 Å². The molecule has 0 aromatic heterocycles. The molecule has 3 aliphatic rings. The fourth-order valence-corrected chi connectivity index (χ4v) is 7.17. The van der Waals surface area contributed by atoms with Crippen LogP contribution < -0.4 is 14.8 Å². The topological polar surface area (TPSA) is 224 Å². The smallest absolute Gasteiger partial charge is 0.342 e. The van der Waals surface area contributed by atoms with Gasteiger partial charge in [-0.15, -0.1) is 11.8 Å². The van der Waals surface area contributed by atoms with Gasteiger partial charge in [0.15, 0.2) is 20.2 Å². The number of aliphatic hydroxyl groups is 4. The number of carbonyl (C=O) groups excluding carboxylic acids is 3. The second kappa shape index (κ2) is 24.2. The third kappa shape index (κ3) is 14.5. The molecule has 3 heterocycles. The van der Waals surface area contributed by atoms with E-state index < -0.39 is 60.5 Å². The number of likely N-dealkylation sites (tertiary alicyclic amines) is 1. The van der Waals surface area contributed by atoms with E-state index in [1.165, 1.54) is 0 Å². The Labute approximate surface area is 337 Å². The molecule has 2 saturated heterocycles. The highest BCUT2D eigenvalue weighted by atomic mass is 32.2. The molecule has 0 saturated carbocycles. The van der Waals surface area contributed by atoms with Gasteiger partial charge in [0.1, 0.15) is 53.0 Å². The SMILES string of the molecule is CCOCOc1cc2c(c(OCOCC)c1)C(=O)O[C@H](C)CC=C[C@@H](NC(=O)CS[C@H]1OC(CO)[C@H](O)C(O)[C@H]1O)CC=CC(=NOCC(=O)N1CCCCC1)C2. The first-order chi connectivity index (χ1) is 27.5. The van der Waals surface area contributed by atoms with E-state index in [2.05, 4.69) is 10.5 Å². The van der Waals surface area contributed by atoms with E-state index in [4.69, 9.17) is 33.3 Å². The minimum Gasteiger partial charge on any atom is -0.467 e. The molecule has 0 aliphatic carbocycles. The van der Waals surface area contributed by atoms with E-state index in [1.807, 2.05) is 13.8 Å². The Morgan fingerprint density at radius 1 is 0.982 bits per heavy atom. The highest BCUT2D eigenvalue weighted by molar-refractivity contribution is 8.00. The van der Waals surface area contributed by atoms with E-state index >= 15 is 0 Å². The van der Waals surface area contributed by atoms with Gasteiger partial charge < -0.3 is 63.9 Å². The molecule has 0 radical (unpaired) electrons. The van der Waals surface area contributed by atoms with E-state index in [-0.39, 0.29) is 49.6 Å². The number of oxime groups is 1. The Morgan fingerprint density at radius 2 is 1.72 bits per heavy atom. The predicted octanol–water partition coefficient (Wildman–Crippen LogP) is 1.83. The van der Waals surface area contributed by atoms with Crippen LogP contribution in [0.1, 0.15) is 68.8 Å². The van der Waals surface area contributed by atoms with E-state index in [9.17, 15) is 34.8 Å². The van der Waals surface area contributed by atoms with Crippen molar-refractivity contribution in [3.63, 3.8) is 0 Å². The average molecular weight is 824 g/mol. The number of piperidine rings is 1. The van der Waals surface area contributed by atoms with Gasteiger partial charge in [-0.1, -0.05) is 23.4 Å². The summed E-state index contributed by atoms with van der Waals surface area (Å²) in [5, 5.41) is 47.4. The summed E-state index contributed by atoms with van der Waals surface area (Å²) >= 11 is 0.916. The van der Waals surface area contributed by atoms with Crippen LogP contribution in [0.5, 0.6) is 11.5 Å². The lowest BCUT2D eigenvalue weighted by molar-refractivity contribution is -0.205. The summed E-state index contributed by atoms with van der Waals surface area (Å²) in [6.07, 6.45) is 4.33. The Hall–Kier alpha value is -3.75. The van der Waals surface area contributed by atoms with Crippen molar-refractivity contribution in [1.29, 1.82) is 0 Å². The molecule has 3 aliphatic heterocycles. The number of hydrogen-bond donors (Lipinski definition) is 5. The Balaban J connectivity index is 1.60. The zero-order chi connectivity index (χ0) is 41.2. The first-order valence-corrected chi connectivity index (χ1v) is 20.4. The highest BCUT2D eigenvalue weighted by Crippen LogP contribution is 2.32. The van der Waals surface area contributed by atoms with Crippen LogP contribution in [0.15, 0.2) is 41.6 Å². The molecule has 318 valence electrons. The molecule has 17 nitrogen and oxygen atoms in total. The van der Waals surface area contributed by atoms with E-state index in [0.717, 1.165) is 31.0 Å². The summed E-state index contributed by atoms with van der Waals surface area (Å²) in [4.78, 5) is 47.3. The van der Waals surface area contributed by atoms with Crippen molar-refractivity contribution in [3.8, 4) is 11.5 Å². The van der Waals surface area contributed by atoms with Crippen LogP contribution in [0, 0.1) is 0 Å². The van der Waals surface area contributed by atoms with Gasteiger partial charge in [-0.3, -0.25) is 9.59 Å². The molecule has 7 atom stereocenters. The van der Waals surface area contributed by atoms with Crippen molar-refractivity contribution in [2.24, 2.45) is 5.16 Å². The molecule has 0 bridgehead atoms. The van der Waals surface area contributed by atoms with Crippen molar-refractivity contribution in [2.45, 2.75) is 101 Å². The number of ether oxygens (including phenoxy) is 6. The molecule has 57 heavy (non-hydrogen) atoms. The Bertz CT molecular complexity index is 1540. The second-order valence-electron chi connectivity index (χ2n) is 13.6. The van der Waals surface area contributed by atoms with Gasteiger partial charge in [-0.2, -0.15) is 0 Å². The van der Waals surface area contributed by atoms with Crippen LogP contribution in [0.2, 0.25) is 0 Å². The lowest BCUT2D eigenvalue weighted by atomic mass is 9.99. The second-order valence-corrected chi connectivity index (χ2v) is 14.7. The van der Waals surface area contributed by atoms with Crippen LogP contribution in [0.4, 0.5) is 0 Å². The molecule has 0 spiro atoms. The summed E-state index contributed by atoms with van der Waals surface area (Å²) in [6, 6.07) is 2.69. The quantitative estimate of drug-likeness (QED) is 0.0528. The molecule has 1 aromatic rings. The van der Waals surface area contributed by atoms with Crippen molar-refractivity contribution in [3.05, 3.63) is 47.6 Å². The lowest BCUT2D eigenvalue weighted by Gasteiger charge is -2.39. The van der Waals surface area contributed by atoms with Crippen molar-refractivity contribution < 1.29 is 68.1 Å². The summed E-state index contributed by atoms with van der Waals surface area (Å²) < 4.78 is 34.0. The third-order valence-corrected chi connectivity index (χ3v) is 10.4. The third-order valence-electron chi connectivity index (χ3n) is 9.24. The highest BCUT2D eigenvalue weighted by Gasteiger charge is 2.43. The molecule has 1 aromatic carbocycles. The summed E-state index contributed by atoms with van der Waals surface area (Å²) in [6.45, 7) is 6.45. The van der Waals surface area contributed by atoms with Gasteiger partial charge in [-0.25, -0.2) is 4.79 Å². The van der Waals surface area contributed by atoms with Crippen LogP contribution in [0.3, 0.4) is 0 Å². The van der Waals surface area contributed by atoms with Crippen LogP contribution >= 0.6 is 11.8 Å². The first-order valence-electron chi connectivity index (χ1n) is 19.3. The summed E-state index contributed by atoms with van der Waals surface area (Å²) in [7, 11) is 0. The normalized spacial score (nSPS) is 26.6. The minimum absolute atomic E-state index is 0.0205. The van der Waals surface area contributed by atoms with Crippen LogP contribution in [-0.4, -0.2) is 150 Å². The number of amides is 2. The number of fused-ring (bicyclic) bond motifs is 1. The van der Waals surface area contributed by atoms with Crippen LogP contribution in [-0.2, 0) is 39.8 Å². The maximum absolute atomic E-state index is 13.9. The molecule has 2 amide bonds. The fraction of sp³-hybridized carbons (Fsp3) is 0.641. The lowest BCUT2D eigenvalue weighted by Crippen LogP contribution is -2.57. The van der Waals surface area contributed by atoms with Crippen molar-refractivity contribution >= 4 is 35.3 Å². The largest absolute Gasteiger partial charge is 0.467 e. The maximum Gasteiger partial charge on any atom is 0.342 e. The van der Waals surface area contributed by atoms with E-state index in [0.29, 0.717) is 56.2 Å². The zero-order valence-corrected chi connectivity index (χ0v) is 33.6. The van der Waals surface area contributed by atoms with Gasteiger partial charge in [0.25, 0.3) is 5.91 Å². The average Bonchev–Trinajstić information content (AvgIpc) is 3.19. The monoisotopic (exact) mass is 823 g/mol.